The first kappa shape index (κ1) is 21.7. The molecule has 4 heteroatoms. The molecule has 0 fully saturated rings. The number of unbranched alkanes of at least 4 members (excludes halogenated alkanes) is 5. The fourth-order valence-electron chi connectivity index (χ4n) is 5.10. The van der Waals surface area contributed by atoms with Gasteiger partial charge < -0.3 is 14.5 Å². The lowest BCUT2D eigenvalue weighted by molar-refractivity contribution is 0.0660. The van der Waals surface area contributed by atoms with E-state index in [0.717, 1.165) is 18.6 Å². The van der Waals surface area contributed by atoms with Crippen LogP contribution in [0.5, 0.6) is 0 Å². The van der Waals surface area contributed by atoms with Crippen molar-refractivity contribution in [2.45, 2.75) is 89.9 Å². The van der Waals surface area contributed by atoms with Crippen molar-refractivity contribution in [3.63, 3.8) is 0 Å². The van der Waals surface area contributed by atoms with E-state index in [1.165, 1.54) is 85.2 Å². The lowest BCUT2D eigenvalue weighted by Gasteiger charge is -2.20. The number of aromatic nitrogens is 1. The highest BCUT2D eigenvalue weighted by Gasteiger charge is 2.23. The molecule has 2 N–H and O–H groups in total. The third-order valence-electron chi connectivity index (χ3n) is 6.76. The minimum absolute atomic E-state index is 0.0174. The number of nitrogens with one attached hydrogen (secondary N) is 1. The van der Waals surface area contributed by atoms with Gasteiger partial charge in [-0.1, -0.05) is 63.7 Å². The standard InChI is InChI=1S/C27H35NO3/c1-2-3-4-5-6-7-10-19-13-14-20(15-16-21-17-18-24(31-21)27(29)30)26-25(19)22-11-8-9-12-23(22)28-26/h12-14,17-19,28H,2-11,15-16H2,1H3,(H,29,30). The van der Waals surface area contributed by atoms with E-state index < -0.39 is 5.97 Å². The Labute approximate surface area is 184 Å². The van der Waals surface area contributed by atoms with Gasteiger partial charge in [0.15, 0.2) is 0 Å². The summed E-state index contributed by atoms with van der Waals surface area (Å²) in [5, 5.41) is 11.7. The average molecular weight is 422 g/mol. The number of carboxylic acid groups (broad SMARTS) is 1. The summed E-state index contributed by atoms with van der Waals surface area (Å²) in [4.78, 5) is 14.8. The second-order valence-electron chi connectivity index (χ2n) is 9.02. The Bertz CT molecular complexity index is 1050. The molecule has 1 unspecified atom stereocenters. The van der Waals surface area contributed by atoms with Crippen LogP contribution in [0.1, 0.15) is 104 Å². The van der Waals surface area contributed by atoms with Crippen LogP contribution in [-0.2, 0) is 12.8 Å². The summed E-state index contributed by atoms with van der Waals surface area (Å²) in [6.45, 7) is 2.27. The summed E-state index contributed by atoms with van der Waals surface area (Å²) in [6, 6.07) is 3.33. The second kappa shape index (κ2) is 10.2. The predicted molar refractivity (Wildman–Crippen MR) is 125 cm³/mol. The first-order valence-corrected chi connectivity index (χ1v) is 12.1. The van der Waals surface area contributed by atoms with Gasteiger partial charge in [0.2, 0.25) is 5.76 Å². The highest BCUT2D eigenvalue weighted by molar-refractivity contribution is 5.84. The van der Waals surface area contributed by atoms with Gasteiger partial charge in [-0.15, -0.1) is 0 Å². The number of aryl methyl sites for hydroxylation is 1. The first-order chi connectivity index (χ1) is 15.2. The largest absolute Gasteiger partial charge is 0.475 e. The van der Waals surface area contributed by atoms with Crippen molar-refractivity contribution in [3.8, 4) is 0 Å². The number of H-pyrrole nitrogens is 1. The number of furan rings is 1. The molecule has 2 aromatic heterocycles. The van der Waals surface area contributed by atoms with E-state index in [1.54, 1.807) is 12.1 Å². The summed E-state index contributed by atoms with van der Waals surface area (Å²) in [6.07, 6.45) is 21.4. The molecule has 2 aromatic rings. The van der Waals surface area contributed by atoms with Gasteiger partial charge in [-0.3, -0.25) is 0 Å². The zero-order valence-corrected chi connectivity index (χ0v) is 18.7. The fourth-order valence-corrected chi connectivity index (χ4v) is 5.10. The van der Waals surface area contributed by atoms with Gasteiger partial charge in [-0.25, -0.2) is 4.79 Å². The van der Waals surface area contributed by atoms with Crippen LogP contribution in [0.4, 0.5) is 0 Å². The molecule has 4 nitrogen and oxygen atoms in total. The molecule has 0 aliphatic heterocycles. The number of aromatic carboxylic acids is 1. The van der Waals surface area contributed by atoms with Crippen LogP contribution in [0.2, 0.25) is 0 Å². The normalized spacial score (nSPS) is 17.3. The summed E-state index contributed by atoms with van der Waals surface area (Å²) in [5.74, 6) is 0.253. The van der Waals surface area contributed by atoms with E-state index >= 15 is 0 Å². The highest BCUT2D eigenvalue weighted by Crippen LogP contribution is 2.30. The lowest BCUT2D eigenvalue weighted by atomic mass is 9.84. The van der Waals surface area contributed by atoms with Crippen molar-refractivity contribution in [1.82, 2.24) is 4.98 Å². The molecule has 0 saturated heterocycles. The quantitative estimate of drug-likeness (QED) is 0.464. The average Bonchev–Trinajstić information content (AvgIpc) is 3.40. The molecule has 2 heterocycles. The molecule has 166 valence electrons. The Kier molecular flexibility index (Phi) is 7.16. The van der Waals surface area contributed by atoms with E-state index in [2.05, 4.69) is 30.1 Å². The maximum atomic E-state index is 11.1. The van der Waals surface area contributed by atoms with Gasteiger partial charge in [0.1, 0.15) is 5.76 Å². The number of hydrogen-bond acceptors (Lipinski definition) is 2. The number of carboxylic acids is 1. The molecule has 2 aliphatic carbocycles. The smallest absolute Gasteiger partial charge is 0.371 e. The topological polar surface area (TPSA) is 66.2 Å². The molecule has 0 saturated carbocycles. The van der Waals surface area contributed by atoms with Gasteiger partial charge in [-0.05, 0) is 60.9 Å². The van der Waals surface area contributed by atoms with Gasteiger partial charge in [-0.2, -0.15) is 0 Å². The van der Waals surface area contributed by atoms with E-state index in [0.29, 0.717) is 12.3 Å². The number of fused-ring (bicyclic) bond motifs is 3. The minimum Gasteiger partial charge on any atom is -0.475 e. The minimum atomic E-state index is -1.01. The van der Waals surface area contributed by atoms with Crippen molar-refractivity contribution in [1.29, 1.82) is 0 Å². The van der Waals surface area contributed by atoms with E-state index in [1.807, 2.05) is 0 Å². The molecule has 0 spiro atoms. The Balaban J connectivity index is 1.51. The molecular formula is C27H35NO3. The Morgan fingerprint density at radius 3 is 2.81 bits per heavy atom. The summed E-state index contributed by atoms with van der Waals surface area (Å²) < 4.78 is 5.47. The molecule has 4 rings (SSSR count). The monoisotopic (exact) mass is 421 g/mol. The molecular weight excluding hydrogens is 386 g/mol. The molecule has 0 bridgehead atoms. The second-order valence-corrected chi connectivity index (χ2v) is 9.02. The highest BCUT2D eigenvalue weighted by atomic mass is 16.4. The summed E-state index contributed by atoms with van der Waals surface area (Å²) in [7, 11) is 0. The van der Waals surface area contributed by atoms with E-state index in [-0.39, 0.29) is 5.76 Å². The third-order valence-corrected chi connectivity index (χ3v) is 6.76. The van der Waals surface area contributed by atoms with Crippen LogP contribution in [-0.4, -0.2) is 16.1 Å². The zero-order chi connectivity index (χ0) is 21.6. The third kappa shape index (κ3) is 5.06. The number of rotatable bonds is 11. The number of allylic oxidation sites excluding steroid dienone is 2. The maximum absolute atomic E-state index is 11.1. The molecule has 0 amide bonds. The molecule has 31 heavy (non-hydrogen) atoms. The van der Waals surface area contributed by atoms with Gasteiger partial charge in [0, 0.05) is 23.0 Å². The van der Waals surface area contributed by atoms with Gasteiger partial charge >= 0.3 is 5.97 Å². The Morgan fingerprint density at radius 2 is 2.00 bits per heavy atom. The van der Waals surface area contributed by atoms with Crippen LogP contribution in [0.15, 0.2) is 28.7 Å². The molecule has 0 radical (unpaired) electrons. The van der Waals surface area contributed by atoms with Crippen LogP contribution in [0.3, 0.4) is 0 Å². The van der Waals surface area contributed by atoms with E-state index in [9.17, 15) is 4.79 Å². The van der Waals surface area contributed by atoms with Gasteiger partial charge in [0.25, 0.3) is 0 Å². The first-order valence-electron chi connectivity index (χ1n) is 12.1. The molecule has 1 atom stereocenters. The van der Waals surface area contributed by atoms with Crippen LogP contribution in [0, 0.1) is 0 Å². The molecule has 2 aliphatic rings. The lowest BCUT2D eigenvalue weighted by Crippen LogP contribution is -2.20. The molecule has 0 aromatic carbocycles. The van der Waals surface area contributed by atoms with Crippen molar-refractivity contribution < 1.29 is 14.3 Å². The van der Waals surface area contributed by atoms with Crippen LogP contribution >= 0.6 is 0 Å². The zero-order valence-electron chi connectivity index (χ0n) is 18.7. The summed E-state index contributed by atoms with van der Waals surface area (Å²) in [5.41, 5.74) is 4.37. The maximum Gasteiger partial charge on any atom is 0.371 e. The Hall–Kier alpha value is -2.49. The van der Waals surface area contributed by atoms with Crippen molar-refractivity contribution in [3.05, 3.63) is 57.6 Å². The van der Waals surface area contributed by atoms with Crippen LogP contribution < -0.4 is 10.7 Å². The SMILES string of the molecule is CCCCCCCCC1C=CC(CCc2ccc(C(=O)O)o2)=c2[nH]c3c(c21)CCCC=3. The number of aromatic amines is 1. The fraction of sp³-hybridized carbons (Fsp3) is 0.519. The van der Waals surface area contributed by atoms with E-state index in [4.69, 9.17) is 9.52 Å². The summed E-state index contributed by atoms with van der Waals surface area (Å²) >= 11 is 0. The number of hydrogen-bond donors (Lipinski definition) is 2. The van der Waals surface area contributed by atoms with Crippen molar-refractivity contribution >= 4 is 17.6 Å². The number of carbonyl (C=O) groups is 1. The van der Waals surface area contributed by atoms with Crippen molar-refractivity contribution in [2.75, 3.05) is 0 Å². The van der Waals surface area contributed by atoms with Crippen LogP contribution in [0.25, 0.3) is 11.6 Å². The van der Waals surface area contributed by atoms with Crippen molar-refractivity contribution in [2.24, 2.45) is 0 Å². The Morgan fingerprint density at radius 1 is 1.16 bits per heavy atom. The predicted octanol–water partition coefficient (Wildman–Crippen LogP) is 5.61. The van der Waals surface area contributed by atoms with Gasteiger partial charge in [0.05, 0.1) is 0 Å².